The number of methoxy groups -OCH3 is 1. The summed E-state index contributed by atoms with van der Waals surface area (Å²) >= 11 is 0. The molecule has 0 fully saturated rings. The quantitative estimate of drug-likeness (QED) is 0.834. The number of nitrogens with one attached hydrogen (secondary N) is 1. The molecule has 2 N–H and O–H groups in total. The minimum absolute atomic E-state index is 0.146. The number of aromatic amines is 1. The fraction of sp³-hybridized carbons (Fsp3) is 0.167. The highest BCUT2D eigenvalue weighted by molar-refractivity contribution is 5.39. The second-order valence-electron chi connectivity index (χ2n) is 3.38. The summed E-state index contributed by atoms with van der Waals surface area (Å²) < 4.78 is 18.7. The molecule has 1 aromatic heterocycles. The first-order chi connectivity index (χ1) is 7.74. The maximum Gasteiger partial charge on any atom is 0.133 e. The van der Waals surface area contributed by atoms with Gasteiger partial charge in [-0.15, -0.1) is 0 Å². The minimum atomic E-state index is -1.05. The van der Waals surface area contributed by atoms with Crippen molar-refractivity contribution in [2.45, 2.75) is 6.10 Å². The van der Waals surface area contributed by atoms with Crippen molar-refractivity contribution < 1.29 is 14.2 Å². The zero-order chi connectivity index (χ0) is 11.5. The van der Waals surface area contributed by atoms with E-state index < -0.39 is 11.9 Å². The number of halogens is 1. The third-order valence-electron chi connectivity index (χ3n) is 2.42. The van der Waals surface area contributed by atoms with Crippen LogP contribution in [-0.4, -0.2) is 17.2 Å². The molecule has 4 heteroatoms. The number of aromatic nitrogens is 1. The van der Waals surface area contributed by atoms with Gasteiger partial charge in [-0.1, -0.05) is 6.07 Å². The second-order valence-corrected chi connectivity index (χ2v) is 3.38. The van der Waals surface area contributed by atoms with Gasteiger partial charge in [0.25, 0.3) is 0 Å². The number of benzene rings is 1. The maximum absolute atomic E-state index is 13.6. The molecule has 1 unspecified atom stereocenters. The number of H-pyrrole nitrogens is 1. The van der Waals surface area contributed by atoms with Gasteiger partial charge in [0, 0.05) is 11.9 Å². The van der Waals surface area contributed by atoms with Gasteiger partial charge >= 0.3 is 0 Å². The van der Waals surface area contributed by atoms with Gasteiger partial charge < -0.3 is 14.8 Å². The predicted octanol–water partition coefficient (Wildman–Crippen LogP) is 2.24. The van der Waals surface area contributed by atoms with Crippen molar-refractivity contribution in [2.75, 3.05) is 7.11 Å². The second kappa shape index (κ2) is 4.37. The summed E-state index contributed by atoms with van der Waals surface area (Å²) in [5, 5.41) is 10.0. The molecule has 3 nitrogen and oxygen atoms in total. The van der Waals surface area contributed by atoms with Gasteiger partial charge in [-0.2, -0.15) is 0 Å². The molecule has 2 aromatic rings. The van der Waals surface area contributed by atoms with Crippen molar-refractivity contribution >= 4 is 0 Å². The monoisotopic (exact) mass is 221 g/mol. The lowest BCUT2D eigenvalue weighted by molar-refractivity contribution is 0.205. The summed E-state index contributed by atoms with van der Waals surface area (Å²) in [6.07, 6.45) is 0.623. The Morgan fingerprint density at radius 1 is 1.31 bits per heavy atom. The molecule has 1 atom stereocenters. The first kappa shape index (κ1) is 10.7. The zero-order valence-electron chi connectivity index (χ0n) is 8.77. The van der Waals surface area contributed by atoms with Crippen LogP contribution in [0.1, 0.15) is 17.4 Å². The van der Waals surface area contributed by atoms with E-state index in [1.807, 2.05) is 0 Å². The third kappa shape index (κ3) is 1.79. The lowest BCUT2D eigenvalue weighted by atomic mass is 10.0. The van der Waals surface area contributed by atoms with Gasteiger partial charge in [-0.05, 0) is 24.3 Å². The summed E-state index contributed by atoms with van der Waals surface area (Å²) in [5.41, 5.74) is 0.677. The molecule has 0 amide bonds. The van der Waals surface area contributed by atoms with Gasteiger partial charge in [0.2, 0.25) is 0 Å². The van der Waals surface area contributed by atoms with Crippen LogP contribution in [0.25, 0.3) is 0 Å². The van der Waals surface area contributed by atoms with Crippen LogP contribution in [-0.2, 0) is 0 Å². The Morgan fingerprint density at radius 3 is 2.75 bits per heavy atom. The topological polar surface area (TPSA) is 45.2 Å². The van der Waals surface area contributed by atoms with Crippen LogP contribution in [0.3, 0.4) is 0 Å². The van der Waals surface area contributed by atoms with Crippen molar-refractivity contribution in [3.8, 4) is 5.75 Å². The Labute approximate surface area is 92.5 Å². The summed E-state index contributed by atoms with van der Waals surface area (Å²) in [4.78, 5) is 2.84. The van der Waals surface area contributed by atoms with Crippen molar-refractivity contribution in [3.63, 3.8) is 0 Å². The Balaban J connectivity index is 2.47. The maximum atomic E-state index is 13.6. The standard InChI is InChI=1S/C12H12FNO2/c1-16-10-6-2-4-8(13)11(10)12(15)9-5-3-7-14-9/h2-7,12,14-15H,1H3. The minimum Gasteiger partial charge on any atom is -0.496 e. The number of aliphatic hydroxyl groups is 1. The highest BCUT2D eigenvalue weighted by Crippen LogP contribution is 2.31. The smallest absolute Gasteiger partial charge is 0.133 e. The van der Waals surface area contributed by atoms with E-state index in [0.29, 0.717) is 11.4 Å². The van der Waals surface area contributed by atoms with Crippen LogP contribution in [0.4, 0.5) is 4.39 Å². The average molecular weight is 221 g/mol. The normalized spacial score (nSPS) is 12.4. The Bertz CT molecular complexity index is 468. The number of hydrogen-bond donors (Lipinski definition) is 2. The number of rotatable bonds is 3. The molecule has 84 valence electrons. The lowest BCUT2D eigenvalue weighted by Gasteiger charge is -2.14. The zero-order valence-corrected chi connectivity index (χ0v) is 8.77. The highest BCUT2D eigenvalue weighted by atomic mass is 19.1. The van der Waals surface area contributed by atoms with Crippen LogP contribution in [0.2, 0.25) is 0 Å². The fourth-order valence-corrected chi connectivity index (χ4v) is 1.63. The molecule has 0 spiro atoms. The van der Waals surface area contributed by atoms with Gasteiger partial charge in [-0.3, -0.25) is 0 Å². The molecule has 16 heavy (non-hydrogen) atoms. The van der Waals surface area contributed by atoms with Gasteiger partial charge in [0.15, 0.2) is 0 Å². The van der Waals surface area contributed by atoms with Gasteiger partial charge in [-0.25, -0.2) is 4.39 Å². The van der Waals surface area contributed by atoms with Gasteiger partial charge in [0.1, 0.15) is 17.7 Å². The Kier molecular flexibility index (Phi) is 2.92. The summed E-state index contributed by atoms with van der Waals surface area (Å²) in [6, 6.07) is 7.89. The molecule has 2 rings (SSSR count). The number of ether oxygens (including phenoxy) is 1. The molecule has 0 aliphatic carbocycles. The molecular weight excluding hydrogens is 209 g/mol. The third-order valence-corrected chi connectivity index (χ3v) is 2.42. The molecule has 0 radical (unpaired) electrons. The van der Waals surface area contributed by atoms with E-state index in [2.05, 4.69) is 4.98 Å². The van der Waals surface area contributed by atoms with Crippen molar-refractivity contribution in [1.29, 1.82) is 0 Å². The van der Waals surface area contributed by atoms with E-state index in [1.54, 1.807) is 30.5 Å². The summed E-state index contributed by atoms with van der Waals surface area (Å²) in [7, 11) is 1.44. The Morgan fingerprint density at radius 2 is 2.12 bits per heavy atom. The highest BCUT2D eigenvalue weighted by Gasteiger charge is 2.20. The molecule has 0 aliphatic rings. The van der Waals surface area contributed by atoms with E-state index in [-0.39, 0.29) is 5.56 Å². The van der Waals surface area contributed by atoms with E-state index in [0.717, 1.165) is 0 Å². The van der Waals surface area contributed by atoms with E-state index >= 15 is 0 Å². The van der Waals surface area contributed by atoms with Crippen LogP contribution >= 0.6 is 0 Å². The van der Waals surface area contributed by atoms with E-state index in [4.69, 9.17) is 4.74 Å². The SMILES string of the molecule is COc1cccc(F)c1C(O)c1ccc[nH]1. The molecule has 0 bridgehead atoms. The number of aliphatic hydroxyl groups excluding tert-OH is 1. The molecule has 1 heterocycles. The van der Waals surface area contributed by atoms with E-state index in [1.165, 1.54) is 13.2 Å². The molecular formula is C12H12FNO2. The van der Waals surface area contributed by atoms with Crippen LogP contribution < -0.4 is 4.74 Å². The first-order valence-electron chi connectivity index (χ1n) is 4.87. The van der Waals surface area contributed by atoms with Crippen molar-refractivity contribution in [2.24, 2.45) is 0 Å². The molecule has 0 aliphatic heterocycles. The van der Waals surface area contributed by atoms with Crippen LogP contribution in [0.15, 0.2) is 36.5 Å². The van der Waals surface area contributed by atoms with Gasteiger partial charge in [0.05, 0.1) is 12.7 Å². The largest absolute Gasteiger partial charge is 0.496 e. The predicted molar refractivity (Wildman–Crippen MR) is 57.8 cm³/mol. The van der Waals surface area contributed by atoms with Crippen LogP contribution in [0.5, 0.6) is 5.75 Å². The molecule has 0 saturated carbocycles. The summed E-state index contributed by atoms with van der Waals surface area (Å²) in [6.45, 7) is 0. The molecule has 0 saturated heterocycles. The molecule has 1 aromatic carbocycles. The fourth-order valence-electron chi connectivity index (χ4n) is 1.63. The summed E-state index contributed by atoms with van der Waals surface area (Å²) in [5.74, 6) is -0.149. The van der Waals surface area contributed by atoms with E-state index in [9.17, 15) is 9.50 Å². The first-order valence-corrected chi connectivity index (χ1v) is 4.87. The van der Waals surface area contributed by atoms with Crippen molar-refractivity contribution in [3.05, 3.63) is 53.6 Å². The Hall–Kier alpha value is -1.81. The van der Waals surface area contributed by atoms with Crippen molar-refractivity contribution in [1.82, 2.24) is 4.98 Å². The number of hydrogen-bond acceptors (Lipinski definition) is 2. The van der Waals surface area contributed by atoms with Crippen LogP contribution in [0, 0.1) is 5.82 Å². The lowest BCUT2D eigenvalue weighted by Crippen LogP contribution is -2.05. The average Bonchev–Trinajstić information content (AvgIpc) is 2.81.